The van der Waals surface area contributed by atoms with Crippen molar-refractivity contribution in [2.75, 3.05) is 0 Å². The van der Waals surface area contributed by atoms with Crippen molar-refractivity contribution in [3.63, 3.8) is 0 Å². The van der Waals surface area contributed by atoms with Crippen LogP contribution in [0, 0.1) is 21.8 Å². The van der Waals surface area contributed by atoms with Crippen LogP contribution in [0.2, 0.25) is 13.1 Å². The molecule has 7 rings (SSSR count). The minimum atomic E-state index is 0. The molecule has 0 aromatic heterocycles. The molecule has 0 aliphatic heterocycles. The van der Waals surface area contributed by atoms with Crippen LogP contribution in [0.15, 0.2) is 146 Å². The fourth-order valence-electron chi connectivity index (χ4n) is 4.39. The minimum absolute atomic E-state index is 0. The predicted octanol–water partition coefficient (Wildman–Crippen LogP) is 11.3. The van der Waals surface area contributed by atoms with Crippen LogP contribution < -0.4 is 0 Å². The molecule has 0 atom stereocenters. The minimum Gasteiger partial charge on any atom is -0.358 e. The summed E-state index contributed by atoms with van der Waals surface area (Å²) in [7, 11) is 1.08. The number of aryl methyl sites for hydroxylation is 1. The van der Waals surface area contributed by atoms with Crippen LogP contribution >= 0.6 is 0 Å². The molecule has 0 spiro atoms. The quantitative estimate of drug-likeness (QED) is 0.118. The SMILES string of the molecule is C[Si]C.Cc1cc2c(-c3ccccc3)cccc2[cH-]1.[CH3-].[CH3-].[Hf].c1ccc2[cH-]ccc2c1.c1ccc2[cH-]ccc2c1. The van der Waals surface area contributed by atoms with Crippen LogP contribution in [-0.2, 0) is 25.8 Å². The van der Waals surface area contributed by atoms with Crippen molar-refractivity contribution < 1.29 is 25.8 Å². The summed E-state index contributed by atoms with van der Waals surface area (Å²) in [5.41, 5.74) is 3.95. The molecule has 40 heavy (non-hydrogen) atoms. The normalized spacial score (nSPS) is 9.38. The maximum atomic E-state index is 2.26. The number of hydrogen-bond acceptors (Lipinski definition) is 0. The maximum absolute atomic E-state index is 2.26. The smallest absolute Gasteiger partial charge is 0.0307 e. The average molecular weight is 702 g/mol. The third-order valence-corrected chi connectivity index (χ3v) is 6.07. The van der Waals surface area contributed by atoms with Gasteiger partial charge in [-0.05, 0) is 5.56 Å². The first-order valence-corrected chi connectivity index (χ1v) is 14.7. The van der Waals surface area contributed by atoms with Gasteiger partial charge in [0.05, 0.1) is 0 Å². The van der Waals surface area contributed by atoms with Crippen molar-refractivity contribution in [3.05, 3.63) is 166 Å². The second-order valence-corrected chi connectivity index (χ2v) is 10.0. The summed E-state index contributed by atoms with van der Waals surface area (Å²) in [4.78, 5) is 0. The molecular formula is C38H39HfSi-5. The van der Waals surface area contributed by atoms with Gasteiger partial charge in [-0.2, -0.15) is 41.1 Å². The molecule has 0 N–H and O–H groups in total. The van der Waals surface area contributed by atoms with E-state index in [1.807, 2.05) is 0 Å². The Labute approximate surface area is 263 Å². The Hall–Kier alpha value is -3.20. The molecule has 0 bridgehead atoms. The van der Waals surface area contributed by atoms with Gasteiger partial charge in [-0.15, -0.1) is 93.8 Å². The molecule has 0 saturated carbocycles. The average Bonchev–Trinajstić information content (AvgIpc) is 3.69. The third-order valence-electron chi connectivity index (χ3n) is 6.07. The van der Waals surface area contributed by atoms with Crippen molar-refractivity contribution in [1.82, 2.24) is 0 Å². The van der Waals surface area contributed by atoms with Crippen molar-refractivity contribution in [2.45, 2.75) is 20.0 Å². The van der Waals surface area contributed by atoms with Gasteiger partial charge in [0.25, 0.3) is 0 Å². The number of fused-ring (bicyclic) bond motifs is 3. The van der Waals surface area contributed by atoms with Gasteiger partial charge >= 0.3 is 0 Å². The Bertz CT molecular complexity index is 1510. The molecule has 7 aromatic carbocycles. The summed E-state index contributed by atoms with van der Waals surface area (Å²) in [6.45, 7) is 6.45. The third kappa shape index (κ3) is 9.47. The molecular weight excluding hydrogens is 663 g/mol. The topological polar surface area (TPSA) is 0 Å². The Balaban J connectivity index is 0.000000290. The molecule has 0 aliphatic rings. The number of rotatable bonds is 1. The van der Waals surface area contributed by atoms with E-state index < -0.39 is 0 Å². The first-order chi connectivity index (χ1) is 18.2. The van der Waals surface area contributed by atoms with Gasteiger partial charge in [-0.3, -0.25) is 0 Å². The van der Waals surface area contributed by atoms with Crippen LogP contribution in [0.5, 0.6) is 0 Å². The molecule has 0 unspecified atom stereocenters. The van der Waals surface area contributed by atoms with E-state index in [9.17, 15) is 0 Å². The molecule has 0 nitrogen and oxygen atoms in total. The van der Waals surface area contributed by atoms with Gasteiger partial charge in [0.2, 0.25) is 0 Å². The van der Waals surface area contributed by atoms with Crippen molar-refractivity contribution in [1.29, 1.82) is 0 Å². The molecule has 0 heterocycles. The summed E-state index contributed by atoms with van der Waals surface area (Å²) in [5.74, 6) is 0. The largest absolute Gasteiger partial charge is 0.358 e. The van der Waals surface area contributed by atoms with Gasteiger partial charge in [-0.1, -0.05) is 74.1 Å². The van der Waals surface area contributed by atoms with Gasteiger partial charge in [-0.25, -0.2) is 0 Å². The van der Waals surface area contributed by atoms with Crippen LogP contribution in [0.1, 0.15) is 5.56 Å². The fraction of sp³-hybridized carbons (Fsp3) is 0.0789. The van der Waals surface area contributed by atoms with E-state index in [0.717, 1.165) is 9.52 Å². The van der Waals surface area contributed by atoms with Crippen molar-refractivity contribution in [2.24, 2.45) is 0 Å². The van der Waals surface area contributed by atoms with Gasteiger partial charge in [0, 0.05) is 35.4 Å². The Morgan fingerprint density at radius 3 is 1.55 bits per heavy atom. The second-order valence-electron chi connectivity index (χ2n) is 9.02. The summed E-state index contributed by atoms with van der Waals surface area (Å²) in [6, 6.07) is 50.9. The number of benzene rings is 4. The Morgan fingerprint density at radius 2 is 1.02 bits per heavy atom. The zero-order valence-electron chi connectivity index (χ0n) is 24.4. The second kappa shape index (κ2) is 18.2. The molecule has 2 radical (unpaired) electrons. The molecule has 0 amide bonds. The van der Waals surface area contributed by atoms with Crippen molar-refractivity contribution in [3.8, 4) is 11.1 Å². The van der Waals surface area contributed by atoms with Crippen LogP contribution in [0.25, 0.3) is 43.4 Å². The molecule has 0 saturated heterocycles. The zero-order chi connectivity index (χ0) is 25.9. The summed E-state index contributed by atoms with van der Waals surface area (Å²) in [6.07, 6.45) is 0. The van der Waals surface area contributed by atoms with E-state index >= 15 is 0 Å². The van der Waals surface area contributed by atoms with Crippen LogP contribution in [0.4, 0.5) is 0 Å². The van der Waals surface area contributed by atoms with Gasteiger partial charge < -0.3 is 14.9 Å². The number of hydrogen-bond donors (Lipinski definition) is 0. The molecule has 7 aromatic rings. The molecule has 0 fully saturated rings. The van der Waals surface area contributed by atoms with Crippen molar-refractivity contribution >= 4 is 41.8 Å². The first-order valence-electron chi connectivity index (χ1n) is 12.7. The fourth-order valence-corrected chi connectivity index (χ4v) is 4.39. The van der Waals surface area contributed by atoms with Gasteiger partial charge in [0.1, 0.15) is 0 Å². The maximum Gasteiger partial charge on any atom is 0.0307 e. The van der Waals surface area contributed by atoms with Crippen LogP contribution in [0.3, 0.4) is 0 Å². The van der Waals surface area contributed by atoms with E-state index in [1.165, 1.54) is 49.0 Å². The van der Waals surface area contributed by atoms with E-state index in [-0.39, 0.29) is 40.7 Å². The standard InChI is InChI=1S/C16H13.2C9H7.C2H6Si.2CH3.Hf/c1-12-10-14-8-5-9-15(16(14)11-12)13-6-3-2-4-7-13;2*1-2-5-9-7-3-6-8(9)4-1;1-3-2;;;/h2-11H,1H3;2*1-7H;1-2H3;2*1H3;/q3*-1;;2*-1;. The molecule has 0 aliphatic carbocycles. The predicted molar refractivity (Wildman–Crippen MR) is 179 cm³/mol. The summed E-state index contributed by atoms with van der Waals surface area (Å²) >= 11 is 0. The van der Waals surface area contributed by atoms with E-state index in [1.54, 1.807) is 0 Å². The Morgan fingerprint density at radius 1 is 0.550 bits per heavy atom. The summed E-state index contributed by atoms with van der Waals surface area (Å²) in [5, 5.41) is 8.01. The molecule has 2 heteroatoms. The van der Waals surface area contributed by atoms with Crippen LogP contribution in [-0.4, -0.2) is 9.52 Å². The Kier molecular flexibility index (Phi) is 15.8. The summed E-state index contributed by atoms with van der Waals surface area (Å²) < 4.78 is 0. The van der Waals surface area contributed by atoms with E-state index in [0.29, 0.717) is 0 Å². The monoisotopic (exact) mass is 703 g/mol. The van der Waals surface area contributed by atoms with E-state index in [2.05, 4.69) is 166 Å². The van der Waals surface area contributed by atoms with Gasteiger partial charge in [0.15, 0.2) is 0 Å². The molecule has 204 valence electrons. The zero-order valence-corrected chi connectivity index (χ0v) is 28.9. The van der Waals surface area contributed by atoms with E-state index in [4.69, 9.17) is 0 Å². The first kappa shape index (κ1) is 34.8.